The van der Waals surface area contributed by atoms with Gasteiger partial charge in [-0.05, 0) is 42.9 Å². The molecule has 8 heteroatoms. The number of nitrogens with one attached hydrogen (secondary N) is 1. The van der Waals surface area contributed by atoms with Crippen LogP contribution in [0.15, 0.2) is 29.3 Å². The Bertz CT molecular complexity index is 656. The standard InChI is InChI=1S/C16H26N4O2S.HI/c1-3-13-5-4-6-15(11-13)19-16(17)18-12-14-7-9-20(10-8-14)23(2,21)22;/h4-6,11,14H,3,7-10,12H2,1-2H3,(H3,17,18,19);1H. The molecule has 1 aromatic carbocycles. The van der Waals surface area contributed by atoms with Gasteiger partial charge in [0.05, 0.1) is 6.26 Å². The summed E-state index contributed by atoms with van der Waals surface area (Å²) in [7, 11) is -3.07. The molecule has 6 nitrogen and oxygen atoms in total. The molecule has 0 atom stereocenters. The Morgan fingerprint density at radius 1 is 1.38 bits per heavy atom. The molecule has 0 spiro atoms. The van der Waals surface area contributed by atoms with Crippen LogP contribution >= 0.6 is 24.0 Å². The van der Waals surface area contributed by atoms with Gasteiger partial charge in [0.2, 0.25) is 10.0 Å². The summed E-state index contributed by atoms with van der Waals surface area (Å²) in [6.45, 7) is 3.89. The Morgan fingerprint density at radius 3 is 2.62 bits per heavy atom. The Hall–Kier alpha value is -0.870. The lowest BCUT2D eigenvalue weighted by molar-refractivity contribution is 0.280. The Labute approximate surface area is 162 Å². The monoisotopic (exact) mass is 466 g/mol. The molecule has 0 saturated carbocycles. The topological polar surface area (TPSA) is 87.8 Å². The lowest BCUT2D eigenvalue weighted by atomic mass is 9.98. The molecule has 2 rings (SSSR count). The minimum atomic E-state index is -3.07. The van der Waals surface area contributed by atoms with E-state index in [4.69, 9.17) is 5.73 Å². The molecule has 1 saturated heterocycles. The molecule has 1 aliphatic rings. The average molecular weight is 466 g/mol. The normalized spacial score (nSPS) is 17.3. The molecule has 136 valence electrons. The number of hydrogen-bond donors (Lipinski definition) is 2. The molecule has 1 heterocycles. The first-order valence-corrected chi connectivity index (χ1v) is 9.84. The second-order valence-corrected chi connectivity index (χ2v) is 7.99. The van der Waals surface area contributed by atoms with E-state index in [0.717, 1.165) is 24.9 Å². The van der Waals surface area contributed by atoms with Crippen molar-refractivity contribution < 1.29 is 8.42 Å². The summed E-state index contributed by atoms with van der Waals surface area (Å²) < 4.78 is 24.5. The van der Waals surface area contributed by atoms with Crippen molar-refractivity contribution in [3.8, 4) is 0 Å². The van der Waals surface area contributed by atoms with Crippen LogP contribution in [0.5, 0.6) is 0 Å². The van der Waals surface area contributed by atoms with Crippen LogP contribution in [0.2, 0.25) is 0 Å². The maximum atomic E-state index is 11.5. The van der Waals surface area contributed by atoms with Crippen molar-refractivity contribution >= 4 is 45.6 Å². The molecule has 3 N–H and O–H groups in total. The van der Waals surface area contributed by atoms with Crippen LogP contribution in [0, 0.1) is 5.92 Å². The second kappa shape index (κ2) is 9.57. The van der Waals surface area contributed by atoms with Crippen molar-refractivity contribution in [3.05, 3.63) is 29.8 Å². The molecule has 0 aliphatic carbocycles. The van der Waals surface area contributed by atoms with Gasteiger partial charge in [-0.15, -0.1) is 24.0 Å². The van der Waals surface area contributed by atoms with Crippen molar-refractivity contribution in [2.45, 2.75) is 26.2 Å². The van der Waals surface area contributed by atoms with Gasteiger partial charge in [-0.2, -0.15) is 0 Å². The molecule has 0 aromatic heterocycles. The number of piperidine rings is 1. The number of anilines is 1. The van der Waals surface area contributed by atoms with E-state index in [1.165, 1.54) is 16.1 Å². The van der Waals surface area contributed by atoms with Crippen LogP contribution in [0.25, 0.3) is 0 Å². The zero-order valence-corrected chi connectivity index (χ0v) is 17.4. The highest BCUT2D eigenvalue weighted by molar-refractivity contribution is 14.0. The van der Waals surface area contributed by atoms with Crippen molar-refractivity contribution in [1.82, 2.24) is 4.31 Å². The number of sulfonamides is 1. The van der Waals surface area contributed by atoms with E-state index in [0.29, 0.717) is 31.5 Å². The van der Waals surface area contributed by atoms with Crippen LogP contribution in [0.4, 0.5) is 5.69 Å². The second-order valence-electron chi connectivity index (χ2n) is 6.01. The highest BCUT2D eigenvalue weighted by atomic mass is 127. The van der Waals surface area contributed by atoms with Gasteiger partial charge in [0.25, 0.3) is 0 Å². The van der Waals surface area contributed by atoms with E-state index in [-0.39, 0.29) is 24.0 Å². The van der Waals surface area contributed by atoms with Crippen LogP contribution in [-0.4, -0.2) is 44.6 Å². The highest BCUT2D eigenvalue weighted by Gasteiger charge is 2.24. The van der Waals surface area contributed by atoms with Crippen molar-refractivity contribution in [1.29, 1.82) is 0 Å². The van der Waals surface area contributed by atoms with Crippen LogP contribution in [0.1, 0.15) is 25.3 Å². The summed E-state index contributed by atoms with van der Waals surface area (Å²) in [5.41, 5.74) is 8.13. The van der Waals surface area contributed by atoms with Crippen LogP contribution in [0.3, 0.4) is 0 Å². The lowest BCUT2D eigenvalue weighted by Crippen LogP contribution is -2.38. The van der Waals surface area contributed by atoms with Crippen molar-refractivity contribution in [2.24, 2.45) is 16.6 Å². The number of rotatable bonds is 5. The highest BCUT2D eigenvalue weighted by Crippen LogP contribution is 2.19. The molecule has 0 radical (unpaired) electrons. The number of guanidine groups is 1. The van der Waals surface area contributed by atoms with Gasteiger partial charge in [0.1, 0.15) is 0 Å². The Kier molecular flexibility index (Phi) is 8.44. The number of nitrogens with two attached hydrogens (primary N) is 1. The third kappa shape index (κ3) is 6.56. The first-order chi connectivity index (χ1) is 10.9. The van der Waals surface area contributed by atoms with E-state index in [1.54, 1.807) is 0 Å². The molecule has 0 unspecified atom stereocenters. The van der Waals surface area contributed by atoms with Gasteiger partial charge >= 0.3 is 0 Å². The first kappa shape index (κ1) is 21.2. The summed E-state index contributed by atoms with van der Waals surface area (Å²) >= 11 is 0. The smallest absolute Gasteiger partial charge is 0.211 e. The predicted molar refractivity (Wildman–Crippen MR) is 110 cm³/mol. The maximum Gasteiger partial charge on any atom is 0.211 e. The Morgan fingerprint density at radius 2 is 2.04 bits per heavy atom. The molecule has 0 bridgehead atoms. The van der Waals surface area contributed by atoms with E-state index in [2.05, 4.69) is 29.4 Å². The van der Waals surface area contributed by atoms with Gasteiger partial charge in [0, 0.05) is 25.3 Å². The number of aryl methyl sites for hydroxylation is 1. The number of halogens is 1. The van der Waals surface area contributed by atoms with E-state index < -0.39 is 10.0 Å². The van der Waals surface area contributed by atoms with E-state index in [1.807, 2.05) is 12.1 Å². The first-order valence-electron chi connectivity index (χ1n) is 7.99. The van der Waals surface area contributed by atoms with Gasteiger partial charge in [0.15, 0.2) is 5.96 Å². The summed E-state index contributed by atoms with van der Waals surface area (Å²) in [5, 5.41) is 3.11. The summed E-state index contributed by atoms with van der Waals surface area (Å²) in [6, 6.07) is 8.10. The Balaban J connectivity index is 0.00000288. The van der Waals surface area contributed by atoms with Gasteiger partial charge in [-0.25, -0.2) is 12.7 Å². The van der Waals surface area contributed by atoms with E-state index in [9.17, 15) is 8.42 Å². The summed E-state index contributed by atoms with van der Waals surface area (Å²) in [6.07, 6.45) is 3.90. The zero-order valence-electron chi connectivity index (χ0n) is 14.2. The van der Waals surface area contributed by atoms with E-state index >= 15 is 0 Å². The fourth-order valence-corrected chi connectivity index (χ4v) is 3.58. The van der Waals surface area contributed by atoms with Crippen molar-refractivity contribution in [3.63, 3.8) is 0 Å². The molecular formula is C16H27IN4O2S. The predicted octanol–water partition coefficient (Wildman–Crippen LogP) is 2.27. The third-order valence-electron chi connectivity index (χ3n) is 4.17. The lowest BCUT2D eigenvalue weighted by Gasteiger charge is -2.29. The molecule has 1 fully saturated rings. The fraction of sp³-hybridized carbons (Fsp3) is 0.562. The van der Waals surface area contributed by atoms with Crippen LogP contribution in [-0.2, 0) is 16.4 Å². The molecule has 1 aliphatic heterocycles. The van der Waals surface area contributed by atoms with Crippen LogP contribution < -0.4 is 11.1 Å². The summed E-state index contributed by atoms with van der Waals surface area (Å²) in [4.78, 5) is 4.40. The third-order valence-corrected chi connectivity index (χ3v) is 5.47. The summed E-state index contributed by atoms with van der Waals surface area (Å²) in [5.74, 6) is 0.791. The molecule has 0 amide bonds. The fourth-order valence-electron chi connectivity index (χ4n) is 2.71. The molecular weight excluding hydrogens is 439 g/mol. The van der Waals surface area contributed by atoms with Gasteiger partial charge in [-0.3, -0.25) is 4.99 Å². The number of nitrogens with zero attached hydrogens (tertiary/aromatic N) is 2. The average Bonchev–Trinajstić information content (AvgIpc) is 2.52. The quantitative estimate of drug-likeness (QED) is 0.396. The van der Waals surface area contributed by atoms with Gasteiger partial charge in [-0.1, -0.05) is 19.1 Å². The molecule has 24 heavy (non-hydrogen) atoms. The van der Waals surface area contributed by atoms with Gasteiger partial charge < -0.3 is 11.1 Å². The minimum Gasteiger partial charge on any atom is -0.370 e. The largest absolute Gasteiger partial charge is 0.370 e. The molecule has 1 aromatic rings. The minimum absolute atomic E-state index is 0. The number of benzene rings is 1. The maximum absolute atomic E-state index is 11.5. The van der Waals surface area contributed by atoms with Crippen molar-refractivity contribution in [2.75, 3.05) is 31.2 Å². The number of aliphatic imine (C=N–C) groups is 1. The number of hydrogen-bond acceptors (Lipinski definition) is 3. The SMILES string of the molecule is CCc1cccc(NC(N)=NCC2CCN(S(C)(=O)=O)CC2)c1.I. The zero-order chi connectivity index (χ0) is 16.9.